The molecule has 0 radical (unpaired) electrons. The van der Waals surface area contributed by atoms with E-state index < -0.39 is 6.04 Å². The lowest BCUT2D eigenvalue weighted by molar-refractivity contribution is -0.127. The highest BCUT2D eigenvalue weighted by Gasteiger charge is 2.40. The van der Waals surface area contributed by atoms with Crippen LogP contribution in [0.25, 0.3) is 0 Å². The Balaban J connectivity index is 1.69. The third-order valence-electron chi connectivity index (χ3n) is 4.71. The number of hydrogen-bond donors (Lipinski definition) is 3. The molecule has 3 N–H and O–H groups in total. The first-order valence-electron chi connectivity index (χ1n) is 8.30. The quantitative estimate of drug-likeness (QED) is 0.676. The Morgan fingerprint density at radius 2 is 2.28 bits per heavy atom. The molecule has 1 aliphatic heterocycles. The van der Waals surface area contributed by atoms with E-state index in [1.165, 1.54) is 13.3 Å². The lowest BCUT2D eigenvalue weighted by Gasteiger charge is -2.43. The number of carbonyl (C=O) groups is 1. The summed E-state index contributed by atoms with van der Waals surface area (Å²) >= 11 is 6.26. The SMILES string of the molecule is COc1nc(N[C@@H](C)C2NC3CC(Cl)CCC3NC2=O)ncc1C#N. The number of halogens is 1. The minimum atomic E-state index is -0.423. The van der Waals surface area contributed by atoms with Crippen LogP contribution in [0.15, 0.2) is 6.20 Å². The Hall–Kier alpha value is -2.11. The van der Waals surface area contributed by atoms with Crippen molar-refractivity contribution in [3.63, 3.8) is 0 Å². The van der Waals surface area contributed by atoms with Gasteiger partial charge in [-0.25, -0.2) is 4.98 Å². The number of methoxy groups -OCH3 is 1. The number of alkyl halides is 1. The number of aromatic nitrogens is 2. The van der Waals surface area contributed by atoms with Gasteiger partial charge in [0.1, 0.15) is 17.7 Å². The lowest BCUT2D eigenvalue weighted by atomic mass is 9.86. The van der Waals surface area contributed by atoms with Crippen LogP contribution in [0.2, 0.25) is 0 Å². The molecular weight excluding hydrogens is 344 g/mol. The van der Waals surface area contributed by atoms with Crippen molar-refractivity contribution in [2.75, 3.05) is 12.4 Å². The number of amides is 1. The van der Waals surface area contributed by atoms with Crippen LogP contribution in [0.3, 0.4) is 0 Å². The van der Waals surface area contributed by atoms with Gasteiger partial charge in [0.2, 0.25) is 17.7 Å². The van der Waals surface area contributed by atoms with Crippen LogP contribution in [0, 0.1) is 11.3 Å². The van der Waals surface area contributed by atoms with E-state index in [0.717, 1.165) is 19.3 Å². The summed E-state index contributed by atoms with van der Waals surface area (Å²) in [6.45, 7) is 1.88. The second-order valence-corrected chi connectivity index (χ2v) is 7.05. The van der Waals surface area contributed by atoms with E-state index in [4.69, 9.17) is 21.6 Å². The van der Waals surface area contributed by atoms with Gasteiger partial charge in [-0.1, -0.05) is 0 Å². The zero-order chi connectivity index (χ0) is 18.0. The van der Waals surface area contributed by atoms with Crippen LogP contribution in [0.4, 0.5) is 5.95 Å². The second-order valence-electron chi connectivity index (χ2n) is 6.44. The summed E-state index contributed by atoms with van der Waals surface area (Å²) in [5.74, 6) is 0.458. The van der Waals surface area contributed by atoms with Crippen molar-refractivity contribution in [1.29, 1.82) is 5.26 Å². The predicted octanol–water partition coefficient (Wildman–Crippen LogP) is 0.774. The standard InChI is InChI=1S/C16H21ClN6O2/c1-8(20-16-19-7-9(6-18)15(23-16)25-2)13-14(24)22-11-4-3-10(17)5-12(11)21-13/h7-8,10-13,21H,3-5H2,1-2H3,(H,22,24)(H,19,20,23)/t8-,10?,11?,12?,13?/m0/s1. The molecule has 2 fully saturated rings. The number of nitrogens with one attached hydrogen (secondary N) is 3. The Labute approximate surface area is 151 Å². The molecule has 0 bridgehead atoms. The molecule has 4 unspecified atom stereocenters. The maximum absolute atomic E-state index is 12.4. The molecule has 0 aromatic carbocycles. The molecule has 2 heterocycles. The fraction of sp³-hybridized carbons (Fsp3) is 0.625. The number of piperazine rings is 1. The number of fused-ring (bicyclic) bond motifs is 1. The Morgan fingerprint density at radius 1 is 1.48 bits per heavy atom. The van der Waals surface area contributed by atoms with Gasteiger partial charge in [-0.15, -0.1) is 11.6 Å². The zero-order valence-electron chi connectivity index (χ0n) is 14.1. The summed E-state index contributed by atoms with van der Waals surface area (Å²) in [7, 11) is 1.44. The van der Waals surface area contributed by atoms with Crippen molar-refractivity contribution in [2.45, 2.75) is 55.7 Å². The molecule has 1 amide bonds. The minimum Gasteiger partial charge on any atom is -0.480 e. The smallest absolute Gasteiger partial charge is 0.239 e. The number of carbonyl (C=O) groups excluding carboxylic acids is 1. The fourth-order valence-electron chi connectivity index (χ4n) is 3.38. The Kier molecular flexibility index (Phi) is 5.25. The van der Waals surface area contributed by atoms with E-state index >= 15 is 0 Å². The van der Waals surface area contributed by atoms with Gasteiger partial charge in [0, 0.05) is 17.5 Å². The molecule has 5 atom stereocenters. The highest BCUT2D eigenvalue weighted by Crippen LogP contribution is 2.26. The molecule has 3 rings (SSSR count). The Morgan fingerprint density at radius 3 is 3.00 bits per heavy atom. The maximum atomic E-state index is 12.4. The van der Waals surface area contributed by atoms with E-state index in [9.17, 15) is 4.79 Å². The topological polar surface area (TPSA) is 112 Å². The number of nitriles is 1. The molecule has 1 aliphatic carbocycles. The van der Waals surface area contributed by atoms with Crippen molar-refractivity contribution in [2.24, 2.45) is 0 Å². The largest absolute Gasteiger partial charge is 0.480 e. The van der Waals surface area contributed by atoms with Crippen molar-refractivity contribution in [1.82, 2.24) is 20.6 Å². The first-order valence-corrected chi connectivity index (χ1v) is 8.73. The van der Waals surface area contributed by atoms with Crippen LogP contribution in [-0.2, 0) is 4.79 Å². The van der Waals surface area contributed by atoms with Crippen molar-refractivity contribution in [3.05, 3.63) is 11.8 Å². The van der Waals surface area contributed by atoms with E-state index in [1.54, 1.807) is 0 Å². The first kappa shape index (κ1) is 17.7. The van der Waals surface area contributed by atoms with Crippen LogP contribution in [-0.4, -0.2) is 52.5 Å². The minimum absolute atomic E-state index is 0.0464. The van der Waals surface area contributed by atoms with Gasteiger partial charge < -0.3 is 15.4 Å². The zero-order valence-corrected chi connectivity index (χ0v) is 14.9. The molecule has 2 aliphatic rings. The molecule has 0 spiro atoms. The summed E-state index contributed by atoms with van der Waals surface area (Å²) in [6, 6.07) is 1.59. The average molecular weight is 365 g/mol. The van der Waals surface area contributed by atoms with Crippen LogP contribution < -0.4 is 20.7 Å². The maximum Gasteiger partial charge on any atom is 0.239 e. The van der Waals surface area contributed by atoms with Crippen LogP contribution in [0.5, 0.6) is 5.88 Å². The Bertz CT molecular complexity index is 694. The van der Waals surface area contributed by atoms with E-state index in [1.807, 2.05) is 13.0 Å². The molecule has 1 saturated heterocycles. The summed E-state index contributed by atoms with van der Waals surface area (Å²) in [6.07, 6.45) is 4.03. The number of anilines is 1. The lowest BCUT2D eigenvalue weighted by Crippen LogP contribution is -2.68. The number of hydrogen-bond acceptors (Lipinski definition) is 7. The number of rotatable bonds is 4. The molecule has 1 saturated carbocycles. The monoisotopic (exact) mass is 364 g/mol. The van der Waals surface area contributed by atoms with Gasteiger partial charge in [0.15, 0.2) is 0 Å². The van der Waals surface area contributed by atoms with Crippen molar-refractivity contribution in [3.8, 4) is 11.9 Å². The van der Waals surface area contributed by atoms with Gasteiger partial charge in [-0.3, -0.25) is 10.1 Å². The highest BCUT2D eigenvalue weighted by molar-refractivity contribution is 6.20. The average Bonchev–Trinajstić information content (AvgIpc) is 2.61. The number of nitrogens with zero attached hydrogens (tertiary/aromatic N) is 3. The normalized spacial score (nSPS) is 29.8. The number of ether oxygens (including phenoxy) is 1. The van der Waals surface area contributed by atoms with Gasteiger partial charge in [0.05, 0.1) is 19.3 Å². The van der Waals surface area contributed by atoms with Crippen LogP contribution in [0.1, 0.15) is 31.7 Å². The molecule has 1 aromatic rings. The summed E-state index contributed by atoms with van der Waals surface area (Å²) < 4.78 is 5.08. The summed E-state index contributed by atoms with van der Waals surface area (Å²) in [5, 5.41) is 18.7. The van der Waals surface area contributed by atoms with Gasteiger partial charge in [-0.2, -0.15) is 10.2 Å². The second kappa shape index (κ2) is 7.42. The molecule has 8 nitrogen and oxygen atoms in total. The summed E-state index contributed by atoms with van der Waals surface area (Å²) in [4.78, 5) is 20.7. The van der Waals surface area contributed by atoms with Gasteiger partial charge in [-0.05, 0) is 26.2 Å². The summed E-state index contributed by atoms with van der Waals surface area (Å²) in [5.41, 5.74) is 0.257. The van der Waals surface area contributed by atoms with Crippen LogP contribution >= 0.6 is 11.6 Å². The van der Waals surface area contributed by atoms with E-state index in [0.29, 0.717) is 5.95 Å². The predicted molar refractivity (Wildman–Crippen MR) is 92.5 cm³/mol. The first-order chi connectivity index (χ1) is 12.0. The third-order valence-corrected chi connectivity index (χ3v) is 5.11. The molecule has 9 heteroatoms. The molecule has 1 aromatic heterocycles. The molecule has 25 heavy (non-hydrogen) atoms. The van der Waals surface area contributed by atoms with Crippen molar-refractivity contribution >= 4 is 23.5 Å². The highest BCUT2D eigenvalue weighted by atomic mass is 35.5. The van der Waals surface area contributed by atoms with Gasteiger partial charge >= 0.3 is 0 Å². The molecular formula is C16H21ClN6O2. The fourth-order valence-corrected chi connectivity index (χ4v) is 3.70. The van der Waals surface area contributed by atoms with Gasteiger partial charge in [0.25, 0.3) is 0 Å². The van der Waals surface area contributed by atoms with E-state index in [-0.39, 0.29) is 40.9 Å². The third kappa shape index (κ3) is 3.78. The van der Waals surface area contributed by atoms with E-state index in [2.05, 4.69) is 25.9 Å². The van der Waals surface area contributed by atoms with Crippen molar-refractivity contribution < 1.29 is 9.53 Å². The molecule has 134 valence electrons.